The van der Waals surface area contributed by atoms with Crippen LogP contribution in [0.4, 0.5) is 0 Å². The molecule has 78 valence electrons. The molecular formula is C10H14BrNS2. The Hall–Kier alpha value is 0.490. The van der Waals surface area contributed by atoms with Gasteiger partial charge in [0.1, 0.15) is 0 Å². The van der Waals surface area contributed by atoms with Crippen molar-refractivity contribution in [1.82, 2.24) is 4.90 Å². The molecule has 1 aliphatic heterocycles. The van der Waals surface area contributed by atoms with Crippen molar-refractivity contribution in [2.45, 2.75) is 13.0 Å². The predicted molar refractivity (Wildman–Crippen MR) is 69.2 cm³/mol. The molecular weight excluding hydrogens is 278 g/mol. The second kappa shape index (κ2) is 5.54. The van der Waals surface area contributed by atoms with Crippen LogP contribution < -0.4 is 0 Å². The van der Waals surface area contributed by atoms with Gasteiger partial charge in [-0.05, 0) is 46.1 Å². The fraction of sp³-hybridized carbons (Fsp3) is 0.600. The highest BCUT2D eigenvalue weighted by Crippen LogP contribution is 2.24. The molecule has 1 fully saturated rings. The summed E-state index contributed by atoms with van der Waals surface area (Å²) in [5.41, 5.74) is 0. The molecule has 14 heavy (non-hydrogen) atoms. The molecule has 0 spiro atoms. The lowest BCUT2D eigenvalue weighted by Crippen LogP contribution is -2.25. The van der Waals surface area contributed by atoms with Gasteiger partial charge in [-0.2, -0.15) is 11.8 Å². The molecule has 0 unspecified atom stereocenters. The van der Waals surface area contributed by atoms with E-state index in [0.29, 0.717) is 0 Å². The van der Waals surface area contributed by atoms with Crippen LogP contribution in [-0.4, -0.2) is 29.5 Å². The maximum absolute atomic E-state index is 3.59. The summed E-state index contributed by atoms with van der Waals surface area (Å²) in [5.74, 6) is 2.63. The van der Waals surface area contributed by atoms with Gasteiger partial charge in [0.25, 0.3) is 0 Å². The van der Waals surface area contributed by atoms with Gasteiger partial charge in [0.05, 0.1) is 0 Å². The Morgan fingerprint density at radius 2 is 2.29 bits per heavy atom. The van der Waals surface area contributed by atoms with E-state index in [2.05, 4.69) is 44.0 Å². The van der Waals surface area contributed by atoms with E-state index >= 15 is 0 Å². The Morgan fingerprint density at radius 3 is 3.07 bits per heavy atom. The molecule has 1 nitrogen and oxygen atoms in total. The molecule has 2 rings (SSSR count). The molecule has 0 aliphatic carbocycles. The number of hydrogen-bond donors (Lipinski definition) is 0. The van der Waals surface area contributed by atoms with Crippen LogP contribution in [0.15, 0.2) is 15.9 Å². The third-order valence-corrected chi connectivity index (χ3v) is 5.33. The lowest BCUT2D eigenvalue weighted by atomic mass is 10.3. The fourth-order valence-electron chi connectivity index (χ4n) is 1.60. The monoisotopic (exact) mass is 291 g/mol. The van der Waals surface area contributed by atoms with E-state index in [0.717, 1.165) is 6.54 Å². The zero-order chi connectivity index (χ0) is 9.80. The SMILES string of the molecule is Brc1ccsc1CN1CCCSCC1. The van der Waals surface area contributed by atoms with Gasteiger partial charge in [0.2, 0.25) is 0 Å². The van der Waals surface area contributed by atoms with Crippen LogP contribution in [0.25, 0.3) is 0 Å². The summed E-state index contributed by atoms with van der Waals surface area (Å²) >= 11 is 7.53. The van der Waals surface area contributed by atoms with Gasteiger partial charge in [-0.1, -0.05) is 0 Å². The first-order chi connectivity index (χ1) is 6.86. The first-order valence-corrected chi connectivity index (χ1v) is 7.71. The molecule has 0 aromatic carbocycles. The van der Waals surface area contributed by atoms with Crippen LogP contribution in [0.3, 0.4) is 0 Å². The van der Waals surface area contributed by atoms with Gasteiger partial charge in [0, 0.05) is 28.2 Å². The number of thiophene rings is 1. The van der Waals surface area contributed by atoms with Crippen molar-refractivity contribution >= 4 is 39.0 Å². The summed E-state index contributed by atoms with van der Waals surface area (Å²) in [5, 5.41) is 2.16. The van der Waals surface area contributed by atoms with Crippen molar-refractivity contribution < 1.29 is 0 Å². The molecule has 0 N–H and O–H groups in total. The summed E-state index contributed by atoms with van der Waals surface area (Å²) < 4.78 is 1.28. The maximum atomic E-state index is 3.59. The van der Waals surface area contributed by atoms with Crippen LogP contribution in [0.5, 0.6) is 0 Å². The largest absolute Gasteiger partial charge is 0.297 e. The van der Waals surface area contributed by atoms with Crippen LogP contribution in [0, 0.1) is 0 Å². The van der Waals surface area contributed by atoms with Crippen molar-refractivity contribution in [2.75, 3.05) is 24.6 Å². The van der Waals surface area contributed by atoms with E-state index in [-0.39, 0.29) is 0 Å². The minimum absolute atomic E-state index is 1.12. The van der Waals surface area contributed by atoms with E-state index in [1.54, 1.807) is 0 Å². The average Bonchev–Trinajstić information content (AvgIpc) is 2.44. The molecule has 4 heteroatoms. The van der Waals surface area contributed by atoms with Crippen LogP contribution in [-0.2, 0) is 6.54 Å². The van der Waals surface area contributed by atoms with Crippen LogP contribution in [0.2, 0.25) is 0 Å². The van der Waals surface area contributed by atoms with Gasteiger partial charge >= 0.3 is 0 Å². The van der Waals surface area contributed by atoms with Gasteiger partial charge in [0.15, 0.2) is 0 Å². The van der Waals surface area contributed by atoms with Gasteiger partial charge < -0.3 is 0 Å². The molecule has 0 radical (unpaired) electrons. The molecule has 1 aromatic heterocycles. The molecule has 1 aliphatic rings. The second-order valence-corrected chi connectivity index (χ2v) is 6.51. The number of rotatable bonds is 2. The van der Waals surface area contributed by atoms with Crippen molar-refractivity contribution in [2.24, 2.45) is 0 Å². The van der Waals surface area contributed by atoms with Crippen molar-refractivity contribution in [3.63, 3.8) is 0 Å². The average molecular weight is 292 g/mol. The summed E-state index contributed by atoms with van der Waals surface area (Å²) in [6, 6.07) is 2.15. The summed E-state index contributed by atoms with van der Waals surface area (Å²) in [6.45, 7) is 3.63. The topological polar surface area (TPSA) is 3.24 Å². The Balaban J connectivity index is 1.92. The Kier molecular flexibility index (Phi) is 4.35. The third-order valence-electron chi connectivity index (χ3n) is 2.37. The van der Waals surface area contributed by atoms with Crippen molar-refractivity contribution in [3.05, 3.63) is 20.8 Å². The molecule has 0 atom stereocenters. The van der Waals surface area contributed by atoms with E-state index in [4.69, 9.17) is 0 Å². The van der Waals surface area contributed by atoms with E-state index in [9.17, 15) is 0 Å². The summed E-state index contributed by atoms with van der Waals surface area (Å²) in [4.78, 5) is 4.04. The number of hydrogen-bond acceptors (Lipinski definition) is 3. The first kappa shape index (κ1) is 11.0. The zero-order valence-electron chi connectivity index (χ0n) is 8.04. The Morgan fingerprint density at radius 1 is 1.36 bits per heavy atom. The Labute approximate surface area is 102 Å². The lowest BCUT2D eigenvalue weighted by Gasteiger charge is -2.18. The van der Waals surface area contributed by atoms with E-state index < -0.39 is 0 Å². The van der Waals surface area contributed by atoms with Gasteiger partial charge in [-0.3, -0.25) is 4.90 Å². The van der Waals surface area contributed by atoms with Crippen LogP contribution in [0.1, 0.15) is 11.3 Å². The molecule has 1 aromatic rings. The molecule has 0 amide bonds. The minimum atomic E-state index is 1.12. The molecule has 0 bridgehead atoms. The molecule has 2 heterocycles. The molecule has 1 saturated heterocycles. The van der Waals surface area contributed by atoms with Crippen molar-refractivity contribution in [3.8, 4) is 0 Å². The Bertz CT molecular complexity index is 279. The smallest absolute Gasteiger partial charge is 0.0339 e. The predicted octanol–water partition coefficient (Wildman–Crippen LogP) is 3.45. The van der Waals surface area contributed by atoms with Crippen molar-refractivity contribution in [1.29, 1.82) is 0 Å². The number of nitrogens with zero attached hydrogens (tertiary/aromatic N) is 1. The second-order valence-electron chi connectivity index (χ2n) is 3.43. The quantitative estimate of drug-likeness (QED) is 0.821. The number of halogens is 1. The first-order valence-electron chi connectivity index (χ1n) is 4.88. The highest BCUT2D eigenvalue weighted by molar-refractivity contribution is 9.10. The molecule has 0 saturated carbocycles. The zero-order valence-corrected chi connectivity index (χ0v) is 11.3. The number of thioether (sulfide) groups is 1. The van der Waals surface area contributed by atoms with E-state index in [1.807, 2.05) is 11.3 Å². The maximum Gasteiger partial charge on any atom is 0.0339 e. The minimum Gasteiger partial charge on any atom is -0.297 e. The highest BCUT2D eigenvalue weighted by atomic mass is 79.9. The van der Waals surface area contributed by atoms with E-state index in [1.165, 1.54) is 40.4 Å². The third kappa shape index (κ3) is 2.99. The van der Waals surface area contributed by atoms with Gasteiger partial charge in [-0.15, -0.1) is 11.3 Å². The fourth-order valence-corrected chi connectivity index (χ4v) is 4.04. The summed E-state index contributed by atoms with van der Waals surface area (Å²) in [6.07, 6.45) is 1.34. The van der Waals surface area contributed by atoms with Gasteiger partial charge in [-0.25, -0.2) is 0 Å². The highest BCUT2D eigenvalue weighted by Gasteiger charge is 2.11. The standard InChI is InChI=1S/C10H14BrNS2/c11-9-2-6-14-10(9)8-12-3-1-5-13-7-4-12/h2,6H,1,3-5,7-8H2. The summed E-state index contributed by atoms with van der Waals surface area (Å²) in [7, 11) is 0. The normalized spacial score (nSPS) is 19.5. The van der Waals surface area contributed by atoms with Crippen LogP contribution >= 0.6 is 39.0 Å². The lowest BCUT2D eigenvalue weighted by molar-refractivity contribution is 0.289.